The maximum atomic E-state index is 13.0. The van der Waals surface area contributed by atoms with E-state index in [1.165, 1.54) is 0 Å². The van der Waals surface area contributed by atoms with Gasteiger partial charge in [0.2, 0.25) is 0 Å². The van der Waals surface area contributed by atoms with Crippen molar-refractivity contribution in [3.8, 4) is 5.75 Å². The van der Waals surface area contributed by atoms with Crippen molar-refractivity contribution in [3.63, 3.8) is 0 Å². The molecule has 2 N–H and O–H groups in total. The number of aliphatic imine (C=N–C) groups is 1. The zero-order valence-electron chi connectivity index (χ0n) is 13.7. The van der Waals surface area contributed by atoms with Crippen LogP contribution in [0.5, 0.6) is 5.75 Å². The highest BCUT2D eigenvalue weighted by atomic mass is 19.4. The summed E-state index contributed by atoms with van der Waals surface area (Å²) in [6.45, 7) is 0.00998. The lowest BCUT2D eigenvalue weighted by molar-refractivity contribution is -0.138. The van der Waals surface area contributed by atoms with E-state index in [-0.39, 0.29) is 12.4 Å². The van der Waals surface area contributed by atoms with E-state index in [9.17, 15) is 22.8 Å². The molecule has 6 nitrogen and oxygen atoms in total. The van der Waals surface area contributed by atoms with Crippen molar-refractivity contribution < 1.29 is 37.7 Å². The van der Waals surface area contributed by atoms with Gasteiger partial charge in [-0.1, -0.05) is 30.3 Å². The van der Waals surface area contributed by atoms with Crippen LogP contribution >= 0.6 is 0 Å². The van der Waals surface area contributed by atoms with Gasteiger partial charge in [-0.25, -0.2) is 9.79 Å². The van der Waals surface area contributed by atoms with Gasteiger partial charge in [-0.15, -0.1) is 0 Å². The summed E-state index contributed by atoms with van der Waals surface area (Å²) in [7, 11) is 0. The molecule has 2 rings (SSSR count). The van der Waals surface area contributed by atoms with Gasteiger partial charge < -0.3 is 14.9 Å². The minimum Gasteiger partial charge on any atom is -0.487 e. The molecule has 0 spiro atoms. The van der Waals surface area contributed by atoms with Crippen molar-refractivity contribution in [2.24, 2.45) is 4.99 Å². The number of carboxylic acid groups (broad SMARTS) is 2. The van der Waals surface area contributed by atoms with Gasteiger partial charge in [-0.05, 0) is 23.8 Å². The lowest BCUT2D eigenvalue weighted by atomic mass is 10.1. The monoisotopic (exact) mass is 381 g/mol. The van der Waals surface area contributed by atoms with Crippen LogP contribution in [0, 0.1) is 0 Å². The normalized spacial score (nSPS) is 11.9. The fourth-order valence-corrected chi connectivity index (χ4v) is 2.09. The van der Waals surface area contributed by atoms with Crippen LogP contribution in [-0.4, -0.2) is 27.9 Å². The molecule has 142 valence electrons. The van der Waals surface area contributed by atoms with E-state index in [1.54, 1.807) is 30.3 Å². The number of carboxylic acids is 2. The Bertz CT molecular complexity index is 863. The summed E-state index contributed by atoms with van der Waals surface area (Å²) in [5, 5.41) is 17.8. The van der Waals surface area contributed by atoms with E-state index in [1.807, 2.05) is 0 Å². The molecule has 0 amide bonds. The van der Waals surface area contributed by atoms with Crippen molar-refractivity contribution >= 4 is 23.3 Å². The lowest BCUT2D eigenvalue weighted by Gasteiger charge is -2.13. The number of benzene rings is 2. The second-order valence-electron chi connectivity index (χ2n) is 5.39. The van der Waals surface area contributed by atoms with Crippen molar-refractivity contribution in [3.05, 3.63) is 59.7 Å². The smallest absolute Gasteiger partial charge is 0.416 e. The molecular weight excluding hydrogens is 367 g/mol. The molecule has 2 aromatic carbocycles. The van der Waals surface area contributed by atoms with Crippen LogP contribution < -0.4 is 4.74 Å². The van der Waals surface area contributed by atoms with Gasteiger partial charge in [0.25, 0.3) is 0 Å². The quantitative estimate of drug-likeness (QED) is 0.709. The SMILES string of the molecule is O=C(O)CC(=Nc1cc(C(F)(F)F)ccc1OCc1ccccc1)C(=O)O. The van der Waals surface area contributed by atoms with Crippen molar-refractivity contribution in [2.75, 3.05) is 0 Å². The molecule has 0 fully saturated rings. The van der Waals surface area contributed by atoms with Gasteiger partial charge in [-0.3, -0.25) is 4.79 Å². The van der Waals surface area contributed by atoms with Gasteiger partial charge in [-0.2, -0.15) is 13.2 Å². The molecule has 0 aliphatic carbocycles. The predicted molar refractivity (Wildman–Crippen MR) is 89.2 cm³/mol. The fourth-order valence-electron chi connectivity index (χ4n) is 2.09. The number of alkyl halides is 3. The Labute approximate surface area is 151 Å². The number of nitrogens with zero attached hydrogens (tertiary/aromatic N) is 1. The molecule has 0 bridgehead atoms. The minimum absolute atomic E-state index is 0.00998. The highest BCUT2D eigenvalue weighted by molar-refractivity contribution is 6.39. The predicted octanol–water partition coefficient (Wildman–Crippen LogP) is 3.92. The summed E-state index contributed by atoms with van der Waals surface area (Å²) < 4.78 is 44.3. The van der Waals surface area contributed by atoms with Gasteiger partial charge in [0, 0.05) is 0 Å². The van der Waals surface area contributed by atoms with E-state index in [0.717, 1.165) is 17.7 Å². The highest BCUT2D eigenvalue weighted by Crippen LogP contribution is 2.37. The Morgan fingerprint density at radius 1 is 1.04 bits per heavy atom. The van der Waals surface area contributed by atoms with Crippen LogP contribution in [0.3, 0.4) is 0 Å². The van der Waals surface area contributed by atoms with Gasteiger partial charge in [0.05, 0.1) is 12.0 Å². The molecule has 0 atom stereocenters. The summed E-state index contributed by atoms with van der Waals surface area (Å²) >= 11 is 0. The van der Waals surface area contributed by atoms with Gasteiger partial charge >= 0.3 is 18.1 Å². The van der Waals surface area contributed by atoms with Crippen LogP contribution in [0.15, 0.2) is 53.5 Å². The Balaban J connectivity index is 2.43. The van der Waals surface area contributed by atoms with E-state index in [4.69, 9.17) is 14.9 Å². The van der Waals surface area contributed by atoms with Gasteiger partial charge in [0.15, 0.2) is 0 Å². The maximum absolute atomic E-state index is 13.0. The Hall–Kier alpha value is -3.36. The van der Waals surface area contributed by atoms with Crippen LogP contribution in [0.2, 0.25) is 0 Å². The molecule has 0 saturated heterocycles. The third-order valence-corrected chi connectivity index (χ3v) is 3.34. The third-order valence-electron chi connectivity index (χ3n) is 3.34. The fraction of sp³-hybridized carbons (Fsp3) is 0.167. The molecule has 0 unspecified atom stereocenters. The summed E-state index contributed by atoms with van der Waals surface area (Å²) in [6, 6.07) is 11.2. The number of hydrogen-bond donors (Lipinski definition) is 2. The van der Waals surface area contributed by atoms with E-state index < -0.39 is 41.5 Å². The van der Waals surface area contributed by atoms with E-state index >= 15 is 0 Å². The average molecular weight is 381 g/mol. The molecule has 0 aliphatic rings. The largest absolute Gasteiger partial charge is 0.487 e. The summed E-state index contributed by atoms with van der Waals surface area (Å²) in [5.41, 5.74) is -1.56. The first kappa shape index (κ1) is 20.0. The van der Waals surface area contributed by atoms with Crippen molar-refractivity contribution in [2.45, 2.75) is 19.2 Å². The second-order valence-corrected chi connectivity index (χ2v) is 5.39. The number of carbonyl (C=O) groups is 2. The Morgan fingerprint density at radius 3 is 2.26 bits per heavy atom. The minimum atomic E-state index is -4.68. The molecule has 27 heavy (non-hydrogen) atoms. The van der Waals surface area contributed by atoms with Crippen LogP contribution in [0.25, 0.3) is 0 Å². The van der Waals surface area contributed by atoms with Crippen LogP contribution in [-0.2, 0) is 22.4 Å². The topological polar surface area (TPSA) is 96.2 Å². The zero-order valence-corrected chi connectivity index (χ0v) is 13.7. The first-order valence-corrected chi connectivity index (χ1v) is 7.57. The molecule has 2 aromatic rings. The molecule has 9 heteroatoms. The summed E-state index contributed by atoms with van der Waals surface area (Å²) in [4.78, 5) is 25.5. The van der Waals surface area contributed by atoms with Crippen LogP contribution in [0.1, 0.15) is 17.5 Å². The molecule has 0 heterocycles. The number of rotatable bonds is 7. The lowest BCUT2D eigenvalue weighted by Crippen LogP contribution is -2.17. The molecular formula is C18H14F3NO5. The number of halogens is 3. The molecule has 0 aromatic heterocycles. The molecule has 0 saturated carbocycles. The first-order chi connectivity index (χ1) is 12.7. The number of ether oxygens (including phenoxy) is 1. The van der Waals surface area contributed by atoms with E-state index in [0.29, 0.717) is 6.07 Å². The zero-order chi connectivity index (χ0) is 20.0. The number of aliphatic carboxylic acids is 2. The Morgan fingerprint density at radius 2 is 1.70 bits per heavy atom. The van der Waals surface area contributed by atoms with E-state index in [2.05, 4.69) is 4.99 Å². The summed E-state index contributed by atoms with van der Waals surface area (Å²) in [6.07, 6.45) is -5.64. The Kier molecular flexibility index (Phi) is 6.17. The third kappa shape index (κ3) is 5.84. The van der Waals surface area contributed by atoms with Crippen molar-refractivity contribution in [1.82, 2.24) is 0 Å². The number of hydrogen-bond acceptors (Lipinski definition) is 4. The second kappa shape index (κ2) is 8.35. The molecule has 0 aliphatic heterocycles. The molecule has 0 radical (unpaired) electrons. The van der Waals surface area contributed by atoms with Gasteiger partial charge in [0.1, 0.15) is 23.8 Å². The van der Waals surface area contributed by atoms with Crippen LogP contribution in [0.4, 0.5) is 18.9 Å². The highest BCUT2D eigenvalue weighted by Gasteiger charge is 2.31. The first-order valence-electron chi connectivity index (χ1n) is 7.57. The summed E-state index contributed by atoms with van der Waals surface area (Å²) in [5.74, 6) is -3.23. The maximum Gasteiger partial charge on any atom is 0.416 e. The van der Waals surface area contributed by atoms with Crippen molar-refractivity contribution in [1.29, 1.82) is 0 Å². The standard InChI is InChI=1S/C18H14F3NO5/c19-18(20,21)12-6-7-15(27-10-11-4-2-1-3-5-11)13(8-12)22-14(17(25)26)9-16(23)24/h1-8H,9-10H2,(H,23,24)(H,25,26). The average Bonchev–Trinajstić information content (AvgIpc) is 2.59.